The van der Waals surface area contributed by atoms with Gasteiger partial charge < -0.3 is 27.9 Å². The lowest BCUT2D eigenvalue weighted by atomic mass is 10.1. The maximum Gasteiger partial charge on any atom is 0.306 e. The summed E-state index contributed by atoms with van der Waals surface area (Å²) < 4.78 is 34.5. The second kappa shape index (κ2) is 45.5. The molecular formula is C54H90NO7P. The quantitative estimate of drug-likeness (QED) is 0.0198. The van der Waals surface area contributed by atoms with Crippen molar-refractivity contribution in [1.82, 2.24) is 0 Å². The molecule has 0 heterocycles. The number of phosphoric acid groups is 1. The molecule has 0 radical (unpaired) electrons. The van der Waals surface area contributed by atoms with E-state index < -0.39 is 13.9 Å². The van der Waals surface area contributed by atoms with E-state index in [0.29, 0.717) is 24.1 Å². The monoisotopic (exact) mass is 896 g/mol. The third-order valence-electron chi connectivity index (χ3n) is 9.53. The van der Waals surface area contributed by atoms with Crippen LogP contribution >= 0.6 is 7.82 Å². The van der Waals surface area contributed by atoms with Crippen molar-refractivity contribution in [2.75, 3.05) is 54.1 Å². The van der Waals surface area contributed by atoms with Crippen molar-refractivity contribution < 1.29 is 37.3 Å². The molecule has 0 N–H and O–H groups in total. The van der Waals surface area contributed by atoms with Gasteiger partial charge in [0.25, 0.3) is 7.82 Å². The Morgan fingerprint density at radius 3 is 1.30 bits per heavy atom. The molecular weight excluding hydrogens is 806 g/mol. The number of carbonyl (C=O) groups excluding carboxylic acids is 1. The molecule has 0 aromatic heterocycles. The van der Waals surface area contributed by atoms with Gasteiger partial charge in [-0.15, -0.1) is 0 Å². The minimum atomic E-state index is -4.56. The average Bonchev–Trinajstić information content (AvgIpc) is 3.24. The number of nitrogens with zero attached hydrogens (tertiary/aromatic N) is 1. The van der Waals surface area contributed by atoms with Gasteiger partial charge in [0, 0.05) is 6.42 Å². The number of likely N-dealkylation sites (N-methyl/N-ethyl adjacent to an activating group) is 1. The average molecular weight is 896 g/mol. The predicted molar refractivity (Wildman–Crippen MR) is 267 cm³/mol. The third kappa shape index (κ3) is 49.8. The summed E-state index contributed by atoms with van der Waals surface area (Å²) in [6.45, 7) is 4.91. The number of rotatable bonds is 43. The van der Waals surface area contributed by atoms with Gasteiger partial charge in [0.05, 0.1) is 41.0 Å². The third-order valence-corrected chi connectivity index (χ3v) is 10.5. The van der Waals surface area contributed by atoms with Crippen LogP contribution in [0.25, 0.3) is 0 Å². The van der Waals surface area contributed by atoms with E-state index in [2.05, 4.69) is 135 Å². The first-order valence-corrected chi connectivity index (χ1v) is 25.7. The highest BCUT2D eigenvalue weighted by atomic mass is 31.2. The first-order valence-electron chi connectivity index (χ1n) is 24.3. The van der Waals surface area contributed by atoms with E-state index in [9.17, 15) is 14.3 Å². The maximum atomic E-state index is 12.7. The summed E-state index contributed by atoms with van der Waals surface area (Å²) in [5.74, 6) is -0.371. The second-order valence-electron chi connectivity index (χ2n) is 16.7. The summed E-state index contributed by atoms with van der Waals surface area (Å²) in [5.41, 5.74) is 0. The molecule has 0 saturated carbocycles. The molecule has 0 rings (SSSR count). The van der Waals surface area contributed by atoms with E-state index in [1.807, 2.05) is 21.1 Å². The van der Waals surface area contributed by atoms with Gasteiger partial charge in [-0.1, -0.05) is 180 Å². The lowest BCUT2D eigenvalue weighted by molar-refractivity contribution is -0.870. The Morgan fingerprint density at radius 2 is 0.873 bits per heavy atom. The van der Waals surface area contributed by atoms with Crippen LogP contribution in [-0.4, -0.2) is 70.7 Å². The largest absolute Gasteiger partial charge is 0.756 e. The van der Waals surface area contributed by atoms with Crippen LogP contribution in [0.15, 0.2) is 122 Å². The lowest BCUT2D eigenvalue weighted by Gasteiger charge is -2.28. The molecule has 9 heteroatoms. The van der Waals surface area contributed by atoms with Gasteiger partial charge in [-0.3, -0.25) is 9.36 Å². The summed E-state index contributed by atoms with van der Waals surface area (Å²) in [6.07, 6.45) is 65.3. The second-order valence-corrected chi connectivity index (χ2v) is 18.1. The molecule has 63 heavy (non-hydrogen) atoms. The van der Waals surface area contributed by atoms with Gasteiger partial charge in [0.2, 0.25) is 0 Å². The van der Waals surface area contributed by atoms with E-state index >= 15 is 0 Å². The van der Waals surface area contributed by atoms with Gasteiger partial charge >= 0.3 is 5.97 Å². The fourth-order valence-corrected chi connectivity index (χ4v) is 6.60. The summed E-state index contributed by atoms with van der Waals surface area (Å²) in [7, 11) is 1.29. The van der Waals surface area contributed by atoms with Crippen LogP contribution in [0.2, 0.25) is 0 Å². The Kier molecular flexibility index (Phi) is 43.2. The van der Waals surface area contributed by atoms with Gasteiger partial charge in [0.15, 0.2) is 0 Å². The summed E-state index contributed by atoms with van der Waals surface area (Å²) in [6, 6.07) is 0. The molecule has 8 nitrogen and oxygen atoms in total. The van der Waals surface area contributed by atoms with Crippen LogP contribution < -0.4 is 4.89 Å². The van der Waals surface area contributed by atoms with Crippen molar-refractivity contribution in [3.05, 3.63) is 122 Å². The molecule has 0 aromatic rings. The fourth-order valence-electron chi connectivity index (χ4n) is 5.87. The Labute approximate surface area is 386 Å². The number of carbonyl (C=O) groups is 1. The van der Waals surface area contributed by atoms with Crippen LogP contribution in [0.4, 0.5) is 0 Å². The smallest absolute Gasteiger partial charge is 0.306 e. The number of quaternary nitrogens is 1. The molecule has 0 aliphatic heterocycles. The number of ether oxygens (including phenoxy) is 2. The minimum absolute atomic E-state index is 0.00425. The zero-order valence-corrected chi connectivity index (χ0v) is 41.4. The van der Waals surface area contributed by atoms with Gasteiger partial charge in [-0.2, -0.15) is 0 Å². The van der Waals surface area contributed by atoms with Crippen LogP contribution in [0.5, 0.6) is 0 Å². The zero-order valence-electron chi connectivity index (χ0n) is 40.5. The van der Waals surface area contributed by atoms with E-state index in [1.165, 1.54) is 38.5 Å². The van der Waals surface area contributed by atoms with Crippen molar-refractivity contribution in [2.45, 2.75) is 161 Å². The molecule has 0 aromatic carbocycles. The molecule has 0 bridgehead atoms. The zero-order chi connectivity index (χ0) is 46.2. The SMILES string of the molecule is CC/C=C\C/C=C\C/C=C\C/C=C\C/C=C\CCCCCCCCCCCC(=O)OC(COCC/C=C\C/C=C\C/C=C\C/C=C\C/C=C\CC)COP(=O)([O-])OCC[N+](C)(C)C. The van der Waals surface area contributed by atoms with Crippen molar-refractivity contribution in [3.8, 4) is 0 Å². The number of unbranched alkanes of at least 4 members (excludes halogenated alkanes) is 9. The van der Waals surface area contributed by atoms with Crippen molar-refractivity contribution in [1.29, 1.82) is 0 Å². The number of hydrogen-bond donors (Lipinski definition) is 0. The Bertz CT molecular complexity index is 1410. The number of allylic oxidation sites excluding steroid dienone is 19. The molecule has 0 amide bonds. The van der Waals surface area contributed by atoms with Gasteiger partial charge in [-0.05, 0) is 89.9 Å². The van der Waals surface area contributed by atoms with Crippen LogP contribution in [0.3, 0.4) is 0 Å². The predicted octanol–water partition coefficient (Wildman–Crippen LogP) is 14.3. The maximum absolute atomic E-state index is 12.7. The minimum Gasteiger partial charge on any atom is -0.756 e. The summed E-state index contributed by atoms with van der Waals surface area (Å²) in [4.78, 5) is 25.1. The number of esters is 1. The van der Waals surface area contributed by atoms with E-state index in [1.54, 1.807) is 0 Å². The molecule has 0 aliphatic carbocycles. The number of hydrogen-bond acceptors (Lipinski definition) is 7. The molecule has 0 spiro atoms. The highest BCUT2D eigenvalue weighted by molar-refractivity contribution is 7.45. The van der Waals surface area contributed by atoms with Crippen molar-refractivity contribution in [3.63, 3.8) is 0 Å². The summed E-state index contributed by atoms with van der Waals surface area (Å²) >= 11 is 0. The number of phosphoric ester groups is 1. The highest BCUT2D eigenvalue weighted by Crippen LogP contribution is 2.38. The molecule has 358 valence electrons. The lowest BCUT2D eigenvalue weighted by Crippen LogP contribution is -2.37. The van der Waals surface area contributed by atoms with E-state index in [4.69, 9.17) is 18.5 Å². The van der Waals surface area contributed by atoms with Crippen molar-refractivity contribution >= 4 is 13.8 Å². The van der Waals surface area contributed by atoms with E-state index in [-0.39, 0.29) is 32.2 Å². The molecule has 0 fully saturated rings. The first kappa shape index (κ1) is 59.9. The first-order chi connectivity index (χ1) is 30.6. The Balaban J connectivity index is 4.28. The van der Waals surface area contributed by atoms with Crippen LogP contribution in [0, 0.1) is 0 Å². The van der Waals surface area contributed by atoms with Gasteiger partial charge in [-0.25, -0.2) is 0 Å². The fraction of sp³-hybridized carbons (Fsp3) is 0.611. The molecule has 0 saturated heterocycles. The van der Waals surface area contributed by atoms with Crippen molar-refractivity contribution in [2.24, 2.45) is 0 Å². The Hall–Kier alpha value is -3.10. The Morgan fingerprint density at radius 1 is 0.492 bits per heavy atom. The molecule has 2 atom stereocenters. The van der Waals surface area contributed by atoms with E-state index in [0.717, 1.165) is 89.9 Å². The topological polar surface area (TPSA) is 94.1 Å². The van der Waals surface area contributed by atoms with Crippen LogP contribution in [0.1, 0.15) is 155 Å². The normalized spacial score (nSPS) is 14.7. The molecule has 0 aliphatic rings. The van der Waals surface area contributed by atoms with Crippen LogP contribution in [-0.2, 0) is 27.9 Å². The standard InChI is InChI=1S/C54H90NO7P/c1-6-8-10-12-14-16-18-20-22-24-25-26-27-28-29-30-31-32-33-35-37-39-41-43-45-47-54(56)62-53(52-61-63(57,58)60-50-48-55(3,4)5)51-59-49-46-44-42-40-38-36-34-23-21-19-17-15-13-11-9-7-2/h8-11,14-17,20-23,25-26,28-29,36,38,42,44,53H,6-7,12-13,18-19,24,27,30-35,37,39-41,43,45-52H2,1-5H3/b10-8-,11-9-,16-14-,17-15-,22-20-,23-21-,26-25-,29-28-,38-36-,44-42-. The molecule has 2 unspecified atom stereocenters. The van der Waals surface area contributed by atoms with Gasteiger partial charge in [0.1, 0.15) is 19.3 Å². The summed E-state index contributed by atoms with van der Waals surface area (Å²) in [5, 5.41) is 0. The highest BCUT2D eigenvalue weighted by Gasteiger charge is 2.20.